The van der Waals surface area contributed by atoms with Gasteiger partial charge in [-0.1, -0.05) is 12.1 Å². The Bertz CT molecular complexity index is 681. The van der Waals surface area contributed by atoms with Crippen molar-refractivity contribution in [3.8, 4) is 0 Å². The molecule has 0 bridgehead atoms. The van der Waals surface area contributed by atoms with E-state index in [0.29, 0.717) is 18.5 Å². The Morgan fingerprint density at radius 1 is 1.33 bits per heavy atom. The van der Waals surface area contributed by atoms with Gasteiger partial charge in [-0.2, -0.15) is 18.3 Å². The molecule has 0 aliphatic carbocycles. The summed E-state index contributed by atoms with van der Waals surface area (Å²) in [6, 6.07) is 5.42. The Balaban J connectivity index is 2.10. The molecule has 1 atom stereocenters. The van der Waals surface area contributed by atoms with Gasteiger partial charge in [-0.05, 0) is 40.0 Å². The normalized spacial score (nSPS) is 18.2. The third kappa shape index (κ3) is 2.52. The van der Waals surface area contributed by atoms with Gasteiger partial charge >= 0.3 is 6.18 Å². The fraction of sp³-hybridized carbons (Fsp3) is 0.308. The number of nitrogens with one attached hydrogen (secondary N) is 1. The quantitative estimate of drug-likeness (QED) is 0.769. The number of halogens is 5. The standard InChI is InChI=1S/C13H10BrF4N3/c14-10-11(13(16,17)18)20-21-9(4-5-19-12(10)21)7-2-1-3-8(15)6-7/h1-3,6,9,19H,4-5H2. The Morgan fingerprint density at radius 2 is 2.10 bits per heavy atom. The molecule has 1 aromatic carbocycles. The molecule has 0 saturated heterocycles. The Labute approximate surface area is 126 Å². The fourth-order valence-corrected chi connectivity index (χ4v) is 3.08. The number of rotatable bonds is 1. The molecule has 0 fully saturated rings. The fourth-order valence-electron chi connectivity index (χ4n) is 2.45. The van der Waals surface area contributed by atoms with Gasteiger partial charge in [0, 0.05) is 6.54 Å². The first-order valence-corrected chi connectivity index (χ1v) is 7.02. The number of aromatic nitrogens is 2. The molecule has 8 heteroatoms. The van der Waals surface area contributed by atoms with Gasteiger partial charge in [0.15, 0.2) is 5.69 Å². The van der Waals surface area contributed by atoms with E-state index in [9.17, 15) is 17.6 Å². The van der Waals surface area contributed by atoms with Crippen LogP contribution in [-0.2, 0) is 6.18 Å². The van der Waals surface area contributed by atoms with E-state index >= 15 is 0 Å². The molecule has 1 unspecified atom stereocenters. The minimum Gasteiger partial charge on any atom is -0.369 e. The van der Waals surface area contributed by atoms with Gasteiger partial charge in [-0.25, -0.2) is 9.07 Å². The van der Waals surface area contributed by atoms with Gasteiger partial charge in [-0.3, -0.25) is 0 Å². The first-order valence-electron chi connectivity index (χ1n) is 6.22. The molecule has 1 aromatic heterocycles. The maximum Gasteiger partial charge on any atom is 0.436 e. The zero-order valence-corrected chi connectivity index (χ0v) is 12.2. The van der Waals surface area contributed by atoms with Crippen molar-refractivity contribution in [2.75, 3.05) is 11.9 Å². The average molecular weight is 364 g/mol. The summed E-state index contributed by atoms with van der Waals surface area (Å²) < 4.78 is 53.3. The van der Waals surface area contributed by atoms with E-state index in [-0.39, 0.29) is 10.3 Å². The number of hydrogen-bond acceptors (Lipinski definition) is 2. The van der Waals surface area contributed by atoms with Crippen LogP contribution in [0, 0.1) is 5.82 Å². The van der Waals surface area contributed by atoms with Crippen LogP contribution in [-0.4, -0.2) is 16.3 Å². The van der Waals surface area contributed by atoms with Crippen LogP contribution in [0.5, 0.6) is 0 Å². The third-order valence-electron chi connectivity index (χ3n) is 3.36. The minimum absolute atomic E-state index is 0.115. The summed E-state index contributed by atoms with van der Waals surface area (Å²) in [7, 11) is 0. The van der Waals surface area contributed by atoms with Crippen molar-refractivity contribution in [3.63, 3.8) is 0 Å². The molecule has 3 nitrogen and oxygen atoms in total. The molecule has 1 N–H and O–H groups in total. The molecule has 1 aliphatic rings. The van der Waals surface area contributed by atoms with E-state index in [1.807, 2.05) is 0 Å². The smallest absolute Gasteiger partial charge is 0.369 e. The van der Waals surface area contributed by atoms with Gasteiger partial charge in [0.05, 0.1) is 10.5 Å². The van der Waals surface area contributed by atoms with Crippen LogP contribution in [0.4, 0.5) is 23.4 Å². The monoisotopic (exact) mass is 363 g/mol. The molecular formula is C13H10BrF4N3. The van der Waals surface area contributed by atoms with Crippen LogP contribution in [0.2, 0.25) is 0 Å². The summed E-state index contributed by atoms with van der Waals surface area (Å²) in [4.78, 5) is 0. The molecule has 0 saturated carbocycles. The zero-order chi connectivity index (χ0) is 15.2. The van der Waals surface area contributed by atoms with Gasteiger partial charge in [0.25, 0.3) is 0 Å². The number of fused-ring (bicyclic) bond motifs is 1. The maximum atomic E-state index is 13.3. The lowest BCUT2D eigenvalue weighted by molar-refractivity contribution is -0.142. The summed E-state index contributed by atoms with van der Waals surface area (Å²) in [5.41, 5.74) is -0.380. The molecular weight excluding hydrogens is 354 g/mol. The van der Waals surface area contributed by atoms with E-state index < -0.39 is 23.7 Å². The van der Waals surface area contributed by atoms with E-state index in [2.05, 4.69) is 26.3 Å². The zero-order valence-electron chi connectivity index (χ0n) is 10.6. The lowest BCUT2D eigenvalue weighted by atomic mass is 10.0. The highest BCUT2D eigenvalue weighted by atomic mass is 79.9. The topological polar surface area (TPSA) is 29.9 Å². The van der Waals surface area contributed by atoms with Crippen LogP contribution in [0.25, 0.3) is 0 Å². The van der Waals surface area contributed by atoms with Gasteiger partial charge in [-0.15, -0.1) is 0 Å². The van der Waals surface area contributed by atoms with Gasteiger partial charge in [0.1, 0.15) is 11.6 Å². The van der Waals surface area contributed by atoms with E-state index in [0.717, 1.165) is 0 Å². The number of hydrogen-bond donors (Lipinski definition) is 1. The van der Waals surface area contributed by atoms with Crippen molar-refractivity contribution in [2.45, 2.75) is 18.6 Å². The molecule has 1 aliphatic heterocycles. The van der Waals surface area contributed by atoms with Gasteiger partial charge < -0.3 is 5.32 Å². The lowest BCUT2D eigenvalue weighted by Gasteiger charge is -2.26. The molecule has 3 rings (SSSR count). The first kappa shape index (κ1) is 14.4. The second-order valence-electron chi connectivity index (χ2n) is 4.74. The van der Waals surface area contributed by atoms with Crippen LogP contribution < -0.4 is 5.32 Å². The van der Waals surface area contributed by atoms with Crippen LogP contribution in [0.3, 0.4) is 0 Å². The number of nitrogens with zero attached hydrogens (tertiary/aromatic N) is 2. The molecule has 0 amide bonds. The largest absolute Gasteiger partial charge is 0.436 e. The SMILES string of the molecule is Fc1cccc(C2CCNc3c(Br)c(C(F)(F)F)nn32)c1. The predicted octanol–water partition coefficient (Wildman–Crippen LogP) is 4.21. The summed E-state index contributed by atoms with van der Waals surface area (Å²) >= 11 is 2.95. The molecule has 21 heavy (non-hydrogen) atoms. The molecule has 0 radical (unpaired) electrons. The Kier molecular flexibility index (Phi) is 3.43. The van der Waals surface area contributed by atoms with Crippen LogP contribution in [0.15, 0.2) is 28.7 Å². The van der Waals surface area contributed by atoms with E-state index in [1.165, 1.54) is 22.9 Å². The van der Waals surface area contributed by atoms with Crippen molar-refractivity contribution in [1.29, 1.82) is 0 Å². The molecule has 2 heterocycles. The number of benzene rings is 1. The highest BCUT2D eigenvalue weighted by Gasteiger charge is 2.40. The summed E-state index contributed by atoms with van der Waals surface area (Å²) in [5, 5.41) is 6.57. The average Bonchev–Trinajstić information content (AvgIpc) is 2.76. The third-order valence-corrected chi connectivity index (χ3v) is 4.11. The predicted molar refractivity (Wildman–Crippen MR) is 72.6 cm³/mol. The van der Waals surface area contributed by atoms with Crippen molar-refractivity contribution in [1.82, 2.24) is 9.78 Å². The molecule has 0 spiro atoms. The van der Waals surface area contributed by atoms with Crippen molar-refractivity contribution in [2.24, 2.45) is 0 Å². The first-order chi connectivity index (χ1) is 9.88. The highest BCUT2D eigenvalue weighted by Crippen LogP contribution is 2.42. The number of alkyl halides is 3. The van der Waals surface area contributed by atoms with Crippen LogP contribution in [0.1, 0.15) is 23.7 Å². The second-order valence-corrected chi connectivity index (χ2v) is 5.53. The maximum absolute atomic E-state index is 13.3. The highest BCUT2D eigenvalue weighted by molar-refractivity contribution is 9.10. The second kappa shape index (κ2) is 5.01. The Morgan fingerprint density at radius 3 is 2.76 bits per heavy atom. The Hall–Kier alpha value is -1.57. The summed E-state index contributed by atoms with van der Waals surface area (Å²) in [5.74, 6) is -0.155. The van der Waals surface area contributed by atoms with Gasteiger partial charge in [0.2, 0.25) is 0 Å². The summed E-state index contributed by atoms with van der Waals surface area (Å²) in [6.07, 6.45) is -4.01. The van der Waals surface area contributed by atoms with E-state index in [1.54, 1.807) is 6.07 Å². The van der Waals surface area contributed by atoms with Crippen molar-refractivity contribution in [3.05, 3.63) is 45.8 Å². The minimum atomic E-state index is -4.54. The molecule has 112 valence electrons. The van der Waals surface area contributed by atoms with E-state index in [4.69, 9.17) is 0 Å². The van der Waals surface area contributed by atoms with Crippen molar-refractivity contribution >= 4 is 21.7 Å². The lowest BCUT2D eigenvalue weighted by Crippen LogP contribution is -2.24. The van der Waals surface area contributed by atoms with Crippen molar-refractivity contribution < 1.29 is 17.6 Å². The molecule has 2 aromatic rings. The van der Waals surface area contributed by atoms with Crippen LogP contribution >= 0.6 is 15.9 Å². The summed E-state index contributed by atoms with van der Waals surface area (Å²) in [6.45, 7) is 0.489. The number of anilines is 1.